The molecule has 1 fully saturated rings. The molecule has 0 radical (unpaired) electrons. The minimum atomic E-state index is -1.27. The highest BCUT2D eigenvalue weighted by atomic mass is 16.5. The number of carboxylic acids is 4. The quantitative estimate of drug-likeness (QED) is 0.0286. The largest absolute Gasteiger partial charge is 0.494 e. The molecule has 23 nitrogen and oxygen atoms in total. The molecule has 3 aliphatic heterocycles. The number of amides is 5. The first-order valence-corrected chi connectivity index (χ1v) is 19.8. The van der Waals surface area contributed by atoms with Gasteiger partial charge in [-0.05, 0) is 50.3 Å². The Morgan fingerprint density at radius 3 is 1.77 bits per heavy atom. The van der Waals surface area contributed by atoms with Crippen molar-refractivity contribution in [2.45, 2.75) is 51.1 Å². The van der Waals surface area contributed by atoms with Crippen LogP contribution in [0.1, 0.15) is 38.2 Å². The molecule has 4 rings (SSSR count). The second-order valence-electron chi connectivity index (χ2n) is 14.9. The summed E-state index contributed by atoms with van der Waals surface area (Å²) in [6, 6.07) is 5.58. The SMILES string of the molecule is CC1C[C@H]2C(=O)N1C(C(=O)NCC(=O)NCCCNC(=O)CN(CCN(CC(=O)O)CC(=O)O)CCN(CC(=O)O)CC(=O)O)Cc1ccc(cc1)OCCC[C@@H]2C(=O)NO. The third-order valence-electron chi connectivity index (χ3n) is 10.2. The van der Waals surface area contributed by atoms with Crippen molar-refractivity contribution in [1.82, 2.24) is 41.0 Å². The van der Waals surface area contributed by atoms with Gasteiger partial charge in [0.2, 0.25) is 29.5 Å². The number of ether oxygens (including phenoxy) is 1. The second kappa shape index (κ2) is 25.0. The second-order valence-corrected chi connectivity index (χ2v) is 14.9. The Morgan fingerprint density at radius 1 is 0.721 bits per heavy atom. The third-order valence-corrected chi connectivity index (χ3v) is 10.2. The van der Waals surface area contributed by atoms with Crippen molar-refractivity contribution in [2.75, 3.05) is 85.1 Å². The molecule has 23 heteroatoms. The van der Waals surface area contributed by atoms with E-state index in [9.17, 15) is 48.4 Å². The fourth-order valence-electron chi connectivity index (χ4n) is 7.32. The molecule has 0 aliphatic carbocycles. The Labute approximate surface area is 351 Å². The average molecular weight is 865 g/mol. The lowest BCUT2D eigenvalue weighted by Gasteiger charge is -2.31. The van der Waals surface area contributed by atoms with Crippen molar-refractivity contribution >= 4 is 53.4 Å². The number of nitrogens with one attached hydrogen (secondary N) is 4. The number of benzene rings is 1. The van der Waals surface area contributed by atoms with Gasteiger partial charge in [-0.2, -0.15) is 0 Å². The maximum Gasteiger partial charge on any atom is 0.317 e. The van der Waals surface area contributed by atoms with Gasteiger partial charge < -0.3 is 46.0 Å². The number of rotatable bonds is 24. The molecule has 9 N–H and O–H groups in total. The van der Waals surface area contributed by atoms with Crippen molar-refractivity contribution in [1.29, 1.82) is 0 Å². The van der Waals surface area contributed by atoms with Gasteiger partial charge in [0.25, 0.3) is 0 Å². The van der Waals surface area contributed by atoms with Crippen molar-refractivity contribution in [3.63, 3.8) is 0 Å². The van der Waals surface area contributed by atoms with Gasteiger partial charge in [-0.3, -0.25) is 63.1 Å². The lowest BCUT2D eigenvalue weighted by atomic mass is 9.85. The van der Waals surface area contributed by atoms with Crippen LogP contribution in [0.2, 0.25) is 0 Å². The van der Waals surface area contributed by atoms with E-state index < -0.39 is 110 Å². The highest BCUT2D eigenvalue weighted by molar-refractivity contribution is 5.94. The Balaban J connectivity index is 1.55. The molecule has 1 aromatic carbocycles. The molecule has 1 saturated heterocycles. The van der Waals surface area contributed by atoms with Gasteiger partial charge in [0.15, 0.2) is 0 Å². The van der Waals surface area contributed by atoms with Crippen LogP contribution in [0.15, 0.2) is 24.3 Å². The number of hydroxylamine groups is 1. The van der Waals surface area contributed by atoms with Gasteiger partial charge in [0.1, 0.15) is 11.8 Å². The van der Waals surface area contributed by atoms with Crippen LogP contribution >= 0.6 is 0 Å². The van der Waals surface area contributed by atoms with E-state index in [1.807, 2.05) is 0 Å². The normalized spacial score (nSPS) is 18.9. The molecule has 3 aliphatic rings. The van der Waals surface area contributed by atoms with E-state index in [1.54, 1.807) is 36.7 Å². The van der Waals surface area contributed by atoms with Gasteiger partial charge in [-0.25, -0.2) is 5.48 Å². The molecule has 61 heavy (non-hydrogen) atoms. The Morgan fingerprint density at radius 2 is 1.25 bits per heavy atom. The predicted octanol–water partition coefficient (Wildman–Crippen LogP) is -2.89. The highest BCUT2D eigenvalue weighted by Gasteiger charge is 2.48. The first-order valence-electron chi connectivity index (χ1n) is 19.8. The topological polar surface area (TPSA) is 325 Å². The number of carbonyl (C=O) groups excluding carboxylic acids is 5. The number of carbonyl (C=O) groups is 9. The summed E-state index contributed by atoms with van der Waals surface area (Å²) in [6.07, 6.45) is 1.33. The van der Waals surface area contributed by atoms with E-state index in [4.69, 9.17) is 25.2 Å². The molecule has 1 aromatic rings. The van der Waals surface area contributed by atoms with Crippen molar-refractivity contribution < 1.29 is 73.5 Å². The number of carboxylic acid groups (broad SMARTS) is 4. The van der Waals surface area contributed by atoms with Crippen LogP contribution in [0.25, 0.3) is 0 Å². The van der Waals surface area contributed by atoms with E-state index >= 15 is 0 Å². The fraction of sp³-hybridized carbons (Fsp3) is 0.605. The summed E-state index contributed by atoms with van der Waals surface area (Å²) < 4.78 is 5.78. The number of fused-ring (bicyclic) bond motifs is 7. The minimum absolute atomic E-state index is 0.0152. The Hall–Kier alpha value is -5.91. The number of aliphatic carboxylic acids is 4. The van der Waals surface area contributed by atoms with Crippen LogP contribution in [-0.4, -0.2) is 196 Å². The molecule has 2 unspecified atom stereocenters. The maximum absolute atomic E-state index is 13.9. The zero-order valence-electron chi connectivity index (χ0n) is 34.0. The van der Waals surface area contributed by atoms with Gasteiger partial charge >= 0.3 is 23.9 Å². The zero-order valence-corrected chi connectivity index (χ0v) is 34.0. The molecule has 0 spiro atoms. The van der Waals surface area contributed by atoms with Crippen molar-refractivity contribution in [3.8, 4) is 5.75 Å². The molecule has 3 heterocycles. The minimum Gasteiger partial charge on any atom is -0.494 e. The highest BCUT2D eigenvalue weighted by Crippen LogP contribution is 2.35. The van der Waals surface area contributed by atoms with E-state index in [2.05, 4.69) is 16.0 Å². The molecular weight excluding hydrogens is 808 g/mol. The van der Waals surface area contributed by atoms with Crippen molar-refractivity contribution in [3.05, 3.63) is 29.8 Å². The predicted molar refractivity (Wildman–Crippen MR) is 210 cm³/mol. The van der Waals surface area contributed by atoms with E-state index in [1.165, 1.54) is 9.80 Å². The van der Waals surface area contributed by atoms with Crippen LogP contribution < -0.4 is 26.2 Å². The van der Waals surface area contributed by atoms with Crippen LogP contribution in [0.4, 0.5) is 0 Å². The van der Waals surface area contributed by atoms with Crippen LogP contribution in [0, 0.1) is 11.8 Å². The maximum atomic E-state index is 13.9. The first kappa shape index (κ1) is 49.5. The molecule has 4 atom stereocenters. The smallest absolute Gasteiger partial charge is 0.317 e. The van der Waals surface area contributed by atoms with Crippen LogP contribution in [-0.2, 0) is 49.6 Å². The zero-order chi connectivity index (χ0) is 45.1. The van der Waals surface area contributed by atoms with Gasteiger partial charge in [0, 0.05) is 51.7 Å². The Bertz CT molecular complexity index is 1640. The Kier molecular flexibility index (Phi) is 20.3. The molecule has 338 valence electrons. The summed E-state index contributed by atoms with van der Waals surface area (Å²) >= 11 is 0. The van der Waals surface area contributed by atoms with Gasteiger partial charge in [-0.15, -0.1) is 0 Å². The average Bonchev–Trinajstić information content (AvgIpc) is 3.47. The molecule has 0 aromatic heterocycles. The van der Waals surface area contributed by atoms with E-state index in [-0.39, 0.29) is 71.5 Å². The summed E-state index contributed by atoms with van der Waals surface area (Å²) in [6.45, 7) is -1.06. The van der Waals surface area contributed by atoms with Gasteiger partial charge in [0.05, 0.1) is 57.7 Å². The summed E-state index contributed by atoms with van der Waals surface area (Å²) in [4.78, 5) is 116. The lowest BCUT2D eigenvalue weighted by Crippen LogP contribution is -2.53. The number of hydrogen-bond acceptors (Lipinski definition) is 14. The first-order chi connectivity index (χ1) is 29.0. The summed E-state index contributed by atoms with van der Waals surface area (Å²) in [5.74, 6) is -8.91. The van der Waals surface area contributed by atoms with Crippen LogP contribution in [0.5, 0.6) is 5.75 Å². The molecule has 0 saturated carbocycles. The third kappa shape index (κ3) is 17.3. The number of hydrogen-bond donors (Lipinski definition) is 9. The summed E-state index contributed by atoms with van der Waals surface area (Å²) in [7, 11) is 0. The summed E-state index contributed by atoms with van der Waals surface area (Å²) in [5, 5.41) is 54.0. The standard InChI is InChI=1S/C38H56N8O15/c1-24-16-28-27(36(57)42-60)4-2-15-61-26-7-5-25(6-8-26)17-29(46(24)38(28)59)37(58)41-18-30(47)39-9-3-10-40-31(48)19-43(11-13-44(20-32(49)50)21-33(51)52)12-14-45(22-34(53)54)23-35(55)56/h5-8,24,27-29,60H,2-4,9-23H2,1H3,(H,39,47)(H,40,48)(H,41,58)(H,42,57)(H,49,50)(H,51,52)(H,53,54)(H,55,56)/t24?,27-,28+,29?/m0/s1. The van der Waals surface area contributed by atoms with E-state index in [0.717, 1.165) is 15.4 Å². The summed E-state index contributed by atoms with van der Waals surface area (Å²) in [5.41, 5.74) is 2.39. The van der Waals surface area contributed by atoms with E-state index in [0.29, 0.717) is 18.8 Å². The molecule has 5 amide bonds. The fourth-order valence-corrected chi connectivity index (χ4v) is 7.32. The van der Waals surface area contributed by atoms with Crippen LogP contribution in [0.3, 0.4) is 0 Å². The molecular formula is C38H56N8O15. The monoisotopic (exact) mass is 864 g/mol. The molecule has 4 bridgehead atoms. The van der Waals surface area contributed by atoms with Gasteiger partial charge in [-0.1, -0.05) is 12.1 Å². The lowest BCUT2D eigenvalue weighted by molar-refractivity contribution is -0.145. The number of nitrogens with zero attached hydrogens (tertiary/aromatic N) is 4. The van der Waals surface area contributed by atoms with Crippen molar-refractivity contribution in [2.24, 2.45) is 11.8 Å².